The molecule has 3 aromatic rings. The molecule has 9 heteroatoms. The Kier molecular flexibility index (Phi) is 6.40. The lowest BCUT2D eigenvalue weighted by molar-refractivity contribution is 0.0206. The third-order valence-electron chi connectivity index (χ3n) is 6.85. The van der Waals surface area contributed by atoms with Gasteiger partial charge >= 0.3 is 6.09 Å². The van der Waals surface area contributed by atoms with Gasteiger partial charge in [0.15, 0.2) is 0 Å². The lowest BCUT2D eigenvalue weighted by Gasteiger charge is -2.38. The Morgan fingerprint density at radius 2 is 1.97 bits per heavy atom. The zero-order chi connectivity index (χ0) is 24.5. The van der Waals surface area contributed by atoms with Crippen molar-refractivity contribution in [3.05, 3.63) is 65.9 Å². The number of carbonyl (C=O) groups is 1. The Balaban J connectivity index is 1.27. The van der Waals surface area contributed by atoms with E-state index >= 15 is 0 Å². The SMILES string of the molecule is Cc1c(Cc2ccc(-n3ccnc3)cc2F)ncnc1OC1CC2CCC(C1)N2C(=O)OC(C)C. The van der Waals surface area contributed by atoms with Gasteiger partial charge in [-0.05, 0) is 51.3 Å². The number of aromatic nitrogens is 4. The summed E-state index contributed by atoms with van der Waals surface area (Å²) in [4.78, 5) is 27.2. The number of imidazole rings is 1. The molecule has 0 N–H and O–H groups in total. The highest BCUT2D eigenvalue weighted by molar-refractivity contribution is 5.69. The van der Waals surface area contributed by atoms with Gasteiger partial charge in [-0.25, -0.2) is 24.1 Å². The average Bonchev–Trinajstić information content (AvgIpc) is 3.44. The lowest BCUT2D eigenvalue weighted by atomic mass is 10.00. The number of fused-ring (bicyclic) bond motifs is 2. The Morgan fingerprint density at radius 3 is 2.63 bits per heavy atom. The highest BCUT2D eigenvalue weighted by Crippen LogP contribution is 2.38. The summed E-state index contributed by atoms with van der Waals surface area (Å²) in [5.41, 5.74) is 2.80. The summed E-state index contributed by atoms with van der Waals surface area (Å²) in [6.07, 6.45) is 9.88. The van der Waals surface area contributed by atoms with E-state index in [1.807, 2.05) is 31.7 Å². The fraction of sp³-hybridized carbons (Fsp3) is 0.462. The van der Waals surface area contributed by atoms with E-state index in [4.69, 9.17) is 9.47 Å². The second-order valence-electron chi connectivity index (χ2n) is 9.61. The summed E-state index contributed by atoms with van der Waals surface area (Å²) in [7, 11) is 0. The third-order valence-corrected chi connectivity index (χ3v) is 6.85. The fourth-order valence-corrected chi connectivity index (χ4v) is 5.14. The molecule has 4 heterocycles. The lowest BCUT2D eigenvalue weighted by Crippen LogP contribution is -2.50. The Bertz CT molecular complexity index is 1190. The molecule has 2 unspecified atom stereocenters. The van der Waals surface area contributed by atoms with Gasteiger partial charge in [0.25, 0.3) is 0 Å². The van der Waals surface area contributed by atoms with Crippen LogP contribution in [0.4, 0.5) is 9.18 Å². The number of halogens is 1. The van der Waals surface area contributed by atoms with Crippen LogP contribution in [0.5, 0.6) is 5.88 Å². The van der Waals surface area contributed by atoms with Crippen LogP contribution in [-0.2, 0) is 11.2 Å². The monoisotopic (exact) mass is 479 g/mol. The van der Waals surface area contributed by atoms with Gasteiger partial charge in [0.1, 0.15) is 18.2 Å². The van der Waals surface area contributed by atoms with E-state index in [2.05, 4.69) is 15.0 Å². The molecule has 0 saturated carbocycles. The predicted molar refractivity (Wildman–Crippen MR) is 127 cm³/mol. The maximum absolute atomic E-state index is 14.9. The van der Waals surface area contributed by atoms with Crippen LogP contribution in [0.25, 0.3) is 5.69 Å². The van der Waals surface area contributed by atoms with Crippen LogP contribution in [0.15, 0.2) is 43.2 Å². The summed E-state index contributed by atoms with van der Waals surface area (Å²) in [6, 6.07) is 5.38. The summed E-state index contributed by atoms with van der Waals surface area (Å²) < 4.78 is 28.4. The number of nitrogens with zero attached hydrogens (tertiary/aromatic N) is 5. The number of piperidine rings is 1. The van der Waals surface area contributed by atoms with Gasteiger partial charge < -0.3 is 18.9 Å². The van der Waals surface area contributed by atoms with Gasteiger partial charge in [-0.15, -0.1) is 0 Å². The van der Waals surface area contributed by atoms with Crippen molar-refractivity contribution in [1.82, 2.24) is 24.4 Å². The second kappa shape index (κ2) is 9.64. The maximum atomic E-state index is 14.9. The van der Waals surface area contributed by atoms with Gasteiger partial charge in [-0.2, -0.15) is 0 Å². The minimum Gasteiger partial charge on any atom is -0.474 e. The molecule has 0 aliphatic carbocycles. The van der Waals surface area contributed by atoms with Crippen molar-refractivity contribution in [1.29, 1.82) is 0 Å². The van der Waals surface area contributed by atoms with Crippen LogP contribution in [-0.4, -0.2) is 54.8 Å². The molecule has 1 aromatic carbocycles. The normalized spacial score (nSPS) is 21.4. The number of benzene rings is 1. The first-order valence-corrected chi connectivity index (χ1v) is 12.1. The smallest absolute Gasteiger partial charge is 0.410 e. The summed E-state index contributed by atoms with van der Waals surface area (Å²) in [5, 5.41) is 0. The van der Waals surface area contributed by atoms with E-state index in [1.54, 1.807) is 29.4 Å². The highest BCUT2D eigenvalue weighted by atomic mass is 19.1. The van der Waals surface area contributed by atoms with Crippen molar-refractivity contribution in [3.63, 3.8) is 0 Å². The number of amides is 1. The molecule has 2 fully saturated rings. The molecule has 2 atom stereocenters. The molecule has 0 spiro atoms. The van der Waals surface area contributed by atoms with Crippen LogP contribution in [0.1, 0.15) is 56.4 Å². The van der Waals surface area contributed by atoms with Crippen LogP contribution in [0, 0.1) is 12.7 Å². The maximum Gasteiger partial charge on any atom is 0.410 e. The highest BCUT2D eigenvalue weighted by Gasteiger charge is 2.45. The molecule has 8 nitrogen and oxygen atoms in total. The Morgan fingerprint density at radius 1 is 1.20 bits per heavy atom. The largest absolute Gasteiger partial charge is 0.474 e. The number of hydrogen-bond donors (Lipinski definition) is 0. The van der Waals surface area contributed by atoms with E-state index in [0.717, 1.165) is 36.9 Å². The predicted octanol–water partition coefficient (Wildman–Crippen LogP) is 4.62. The van der Waals surface area contributed by atoms with E-state index < -0.39 is 0 Å². The zero-order valence-corrected chi connectivity index (χ0v) is 20.2. The van der Waals surface area contributed by atoms with Crippen LogP contribution >= 0.6 is 0 Å². The number of carbonyl (C=O) groups excluding carboxylic acids is 1. The van der Waals surface area contributed by atoms with Crippen LogP contribution < -0.4 is 4.74 Å². The summed E-state index contributed by atoms with van der Waals surface area (Å²) >= 11 is 0. The van der Waals surface area contributed by atoms with Crippen molar-refractivity contribution in [2.24, 2.45) is 0 Å². The molecular formula is C26H30FN5O3. The molecule has 5 rings (SSSR count). The standard InChI is InChI=1S/C26H30FN5O3/c1-16(2)34-26(33)32-20-6-7-21(32)12-22(11-20)35-25-17(3)24(29-14-30-25)10-18-4-5-19(13-23(18)27)31-9-8-28-15-31/h4-5,8-9,13-16,20-22H,6-7,10-12H2,1-3H3. The first-order chi connectivity index (χ1) is 16.9. The number of rotatable bonds is 6. The van der Waals surface area contributed by atoms with Crippen molar-refractivity contribution in [3.8, 4) is 11.6 Å². The fourth-order valence-electron chi connectivity index (χ4n) is 5.14. The molecule has 184 valence electrons. The quantitative estimate of drug-likeness (QED) is 0.513. The van der Waals surface area contributed by atoms with Crippen molar-refractivity contribution in [2.75, 3.05) is 0 Å². The summed E-state index contributed by atoms with van der Waals surface area (Å²) in [5.74, 6) is 0.224. The Labute approximate surface area is 204 Å². The first kappa shape index (κ1) is 23.3. The van der Waals surface area contributed by atoms with Crippen LogP contribution in [0.2, 0.25) is 0 Å². The number of ether oxygens (including phenoxy) is 2. The molecular weight excluding hydrogens is 449 g/mol. The minimum absolute atomic E-state index is 0.0387. The van der Waals surface area contributed by atoms with Gasteiger partial charge in [-0.1, -0.05) is 6.07 Å². The van der Waals surface area contributed by atoms with Gasteiger partial charge in [0.05, 0.1) is 18.1 Å². The van der Waals surface area contributed by atoms with Crippen molar-refractivity contribution < 1.29 is 18.7 Å². The summed E-state index contributed by atoms with van der Waals surface area (Å²) in [6.45, 7) is 5.64. The van der Waals surface area contributed by atoms with Gasteiger partial charge in [-0.3, -0.25) is 0 Å². The molecule has 0 radical (unpaired) electrons. The van der Waals surface area contributed by atoms with Gasteiger partial charge in [0, 0.05) is 55.0 Å². The molecule has 2 aromatic heterocycles. The average molecular weight is 480 g/mol. The molecule has 35 heavy (non-hydrogen) atoms. The third kappa shape index (κ3) is 4.85. The topological polar surface area (TPSA) is 82.4 Å². The first-order valence-electron chi connectivity index (χ1n) is 12.1. The molecule has 2 aliphatic rings. The zero-order valence-electron chi connectivity index (χ0n) is 20.2. The van der Waals surface area contributed by atoms with Crippen molar-refractivity contribution >= 4 is 6.09 Å². The van der Waals surface area contributed by atoms with Crippen LogP contribution in [0.3, 0.4) is 0 Å². The van der Waals surface area contributed by atoms with Gasteiger partial charge in [0.2, 0.25) is 5.88 Å². The molecule has 2 saturated heterocycles. The molecule has 1 amide bonds. The van der Waals surface area contributed by atoms with E-state index in [9.17, 15) is 9.18 Å². The van der Waals surface area contributed by atoms with E-state index in [-0.39, 0.29) is 36.2 Å². The minimum atomic E-state index is -0.297. The van der Waals surface area contributed by atoms with E-state index in [1.165, 1.54) is 12.4 Å². The van der Waals surface area contributed by atoms with Crippen molar-refractivity contribution in [2.45, 2.75) is 77.2 Å². The Hall–Kier alpha value is -3.49. The second-order valence-corrected chi connectivity index (χ2v) is 9.61. The number of hydrogen-bond acceptors (Lipinski definition) is 6. The van der Waals surface area contributed by atoms with E-state index in [0.29, 0.717) is 23.6 Å². The molecule has 2 bridgehead atoms. The molecule has 2 aliphatic heterocycles.